The molecule has 0 bridgehead atoms. The molecule has 0 aromatic carbocycles. The van der Waals surface area contributed by atoms with Crippen LogP contribution in [0.3, 0.4) is 0 Å². The predicted molar refractivity (Wildman–Crippen MR) is 45.7 cm³/mol. The second-order valence-corrected chi connectivity index (χ2v) is 3.94. The molecule has 0 atom stereocenters. The standard InChI is InChI=1S/C10H19/c1-9(2)8-10-6-4-3-5-7-10/h3,9-10H,4-8H2,1-2H3/q+1. The molecule has 0 amide bonds. The zero-order valence-electron chi connectivity index (χ0n) is 7.27. The highest BCUT2D eigenvalue weighted by Gasteiger charge is 2.18. The maximum Gasteiger partial charge on any atom is 0.0878 e. The Labute approximate surface area is 65.0 Å². The molecular weight excluding hydrogens is 120 g/mol. The van der Waals surface area contributed by atoms with Crippen molar-refractivity contribution in [3.63, 3.8) is 0 Å². The van der Waals surface area contributed by atoms with E-state index in [-0.39, 0.29) is 0 Å². The fraction of sp³-hybridized carbons (Fsp3) is 0.900. The summed E-state index contributed by atoms with van der Waals surface area (Å²) >= 11 is 0. The highest BCUT2D eigenvalue weighted by atomic mass is 14.2. The summed E-state index contributed by atoms with van der Waals surface area (Å²) in [4.78, 5) is 0. The summed E-state index contributed by atoms with van der Waals surface area (Å²) in [5.41, 5.74) is 0. The second kappa shape index (κ2) is 3.90. The van der Waals surface area contributed by atoms with Crippen molar-refractivity contribution in [3.8, 4) is 0 Å². The smallest absolute Gasteiger partial charge is 0.0628 e. The molecule has 0 nitrogen and oxygen atoms in total. The zero-order valence-corrected chi connectivity index (χ0v) is 7.27. The monoisotopic (exact) mass is 139 g/mol. The van der Waals surface area contributed by atoms with Gasteiger partial charge >= 0.3 is 0 Å². The summed E-state index contributed by atoms with van der Waals surface area (Å²) in [7, 11) is 0. The van der Waals surface area contributed by atoms with Crippen molar-refractivity contribution in [3.05, 3.63) is 6.42 Å². The summed E-state index contributed by atoms with van der Waals surface area (Å²) in [5.74, 6) is 1.95. The van der Waals surface area contributed by atoms with Gasteiger partial charge in [0.1, 0.15) is 0 Å². The van der Waals surface area contributed by atoms with Crippen molar-refractivity contribution >= 4 is 0 Å². The van der Waals surface area contributed by atoms with E-state index in [1.165, 1.54) is 32.1 Å². The molecule has 0 N–H and O–H groups in total. The lowest BCUT2D eigenvalue weighted by Crippen LogP contribution is -2.08. The van der Waals surface area contributed by atoms with E-state index >= 15 is 0 Å². The first-order valence-corrected chi connectivity index (χ1v) is 4.60. The van der Waals surface area contributed by atoms with E-state index in [9.17, 15) is 0 Å². The van der Waals surface area contributed by atoms with E-state index < -0.39 is 0 Å². The van der Waals surface area contributed by atoms with Crippen LogP contribution in [0.1, 0.15) is 46.0 Å². The lowest BCUT2D eigenvalue weighted by atomic mass is 9.84. The van der Waals surface area contributed by atoms with Crippen LogP contribution in [0.5, 0.6) is 0 Å². The third kappa shape index (κ3) is 2.64. The van der Waals surface area contributed by atoms with Crippen LogP contribution in [-0.2, 0) is 0 Å². The van der Waals surface area contributed by atoms with Crippen LogP contribution < -0.4 is 0 Å². The average Bonchev–Trinajstić information content (AvgIpc) is 1.88. The molecule has 0 heteroatoms. The van der Waals surface area contributed by atoms with Gasteiger partial charge in [0.25, 0.3) is 0 Å². The summed E-state index contributed by atoms with van der Waals surface area (Å²) in [5, 5.41) is 0. The minimum atomic E-state index is 0.906. The molecule has 1 aliphatic rings. The quantitative estimate of drug-likeness (QED) is 0.514. The molecule has 0 spiro atoms. The van der Waals surface area contributed by atoms with Crippen molar-refractivity contribution in [1.82, 2.24) is 0 Å². The summed E-state index contributed by atoms with van der Waals surface area (Å²) in [6.45, 7) is 4.66. The van der Waals surface area contributed by atoms with Gasteiger partial charge in [0.2, 0.25) is 0 Å². The zero-order chi connectivity index (χ0) is 7.40. The van der Waals surface area contributed by atoms with Crippen LogP contribution >= 0.6 is 0 Å². The van der Waals surface area contributed by atoms with Crippen molar-refractivity contribution in [2.75, 3.05) is 0 Å². The first kappa shape index (κ1) is 7.97. The van der Waals surface area contributed by atoms with Crippen LogP contribution in [0, 0.1) is 18.3 Å². The molecule has 0 radical (unpaired) electrons. The molecule has 0 saturated heterocycles. The van der Waals surface area contributed by atoms with E-state index in [4.69, 9.17) is 0 Å². The van der Waals surface area contributed by atoms with Crippen LogP contribution in [0.2, 0.25) is 0 Å². The Morgan fingerprint density at radius 1 is 1.30 bits per heavy atom. The maximum absolute atomic E-state index is 2.44. The summed E-state index contributed by atoms with van der Waals surface area (Å²) in [6.07, 6.45) is 9.55. The molecule has 1 fully saturated rings. The van der Waals surface area contributed by atoms with Crippen LogP contribution in [0.25, 0.3) is 0 Å². The van der Waals surface area contributed by atoms with E-state index in [1.807, 2.05) is 0 Å². The Balaban J connectivity index is 2.13. The predicted octanol–water partition coefficient (Wildman–Crippen LogP) is 3.43. The van der Waals surface area contributed by atoms with Gasteiger partial charge in [-0.05, 0) is 31.1 Å². The molecule has 1 aliphatic carbocycles. The lowest BCUT2D eigenvalue weighted by molar-refractivity contribution is 0.336. The van der Waals surface area contributed by atoms with Crippen LogP contribution in [-0.4, -0.2) is 0 Å². The maximum atomic E-state index is 2.44. The van der Waals surface area contributed by atoms with Crippen molar-refractivity contribution in [2.45, 2.75) is 46.0 Å². The van der Waals surface area contributed by atoms with E-state index in [1.54, 1.807) is 0 Å². The van der Waals surface area contributed by atoms with Gasteiger partial charge in [-0.15, -0.1) is 0 Å². The minimum absolute atomic E-state index is 0.906. The number of rotatable bonds is 2. The SMILES string of the molecule is CC(C)CC1CC[CH+]CC1. The van der Waals surface area contributed by atoms with Gasteiger partial charge in [-0.1, -0.05) is 13.8 Å². The van der Waals surface area contributed by atoms with Gasteiger partial charge in [-0.2, -0.15) is 0 Å². The third-order valence-electron chi connectivity index (χ3n) is 2.36. The van der Waals surface area contributed by atoms with E-state index in [0.29, 0.717) is 0 Å². The minimum Gasteiger partial charge on any atom is -0.0628 e. The Morgan fingerprint density at radius 2 is 1.90 bits per heavy atom. The van der Waals surface area contributed by atoms with Gasteiger partial charge in [0.05, 0.1) is 19.3 Å². The third-order valence-corrected chi connectivity index (χ3v) is 2.36. The van der Waals surface area contributed by atoms with Crippen molar-refractivity contribution < 1.29 is 0 Å². The van der Waals surface area contributed by atoms with Crippen LogP contribution in [0.4, 0.5) is 0 Å². The molecule has 0 aliphatic heterocycles. The summed E-state index contributed by atoms with van der Waals surface area (Å²) < 4.78 is 0. The molecular formula is C10H19+. The van der Waals surface area contributed by atoms with Gasteiger partial charge in [0, 0.05) is 0 Å². The molecule has 58 valence electrons. The normalized spacial score (nSPS) is 21.1. The average molecular weight is 139 g/mol. The highest BCUT2D eigenvalue weighted by molar-refractivity contribution is 4.76. The molecule has 0 heterocycles. The van der Waals surface area contributed by atoms with E-state index in [0.717, 1.165) is 11.8 Å². The first-order valence-electron chi connectivity index (χ1n) is 4.60. The van der Waals surface area contributed by atoms with Gasteiger partial charge in [-0.3, -0.25) is 0 Å². The first-order chi connectivity index (χ1) is 4.79. The van der Waals surface area contributed by atoms with Crippen molar-refractivity contribution in [2.24, 2.45) is 11.8 Å². The van der Waals surface area contributed by atoms with Gasteiger partial charge in [0.15, 0.2) is 0 Å². The molecule has 0 aromatic rings. The summed E-state index contributed by atoms with van der Waals surface area (Å²) in [6, 6.07) is 0. The topological polar surface area (TPSA) is 0 Å². The fourth-order valence-electron chi connectivity index (χ4n) is 1.90. The van der Waals surface area contributed by atoms with Crippen LogP contribution in [0.15, 0.2) is 0 Å². The lowest BCUT2D eigenvalue weighted by Gasteiger charge is -2.18. The van der Waals surface area contributed by atoms with Crippen molar-refractivity contribution in [1.29, 1.82) is 0 Å². The molecule has 0 aromatic heterocycles. The molecule has 1 saturated carbocycles. The number of hydrogen-bond donors (Lipinski definition) is 0. The Hall–Kier alpha value is -0.130. The highest BCUT2D eigenvalue weighted by Crippen LogP contribution is 2.27. The largest absolute Gasteiger partial charge is 0.0878 e. The van der Waals surface area contributed by atoms with Gasteiger partial charge < -0.3 is 0 Å². The fourth-order valence-corrected chi connectivity index (χ4v) is 1.90. The Morgan fingerprint density at radius 3 is 2.40 bits per heavy atom. The second-order valence-electron chi connectivity index (χ2n) is 3.94. The van der Waals surface area contributed by atoms with Gasteiger partial charge in [-0.25, -0.2) is 0 Å². The number of hydrogen-bond acceptors (Lipinski definition) is 0. The molecule has 0 unspecified atom stereocenters. The Kier molecular flexibility index (Phi) is 3.11. The molecule has 10 heavy (non-hydrogen) atoms. The molecule has 1 rings (SSSR count). The van der Waals surface area contributed by atoms with E-state index in [2.05, 4.69) is 20.3 Å². The Bertz CT molecular complexity index is 78.0.